The Morgan fingerprint density at radius 3 is 2.30 bits per heavy atom. The number of nitrogens with zero attached hydrogens (tertiary/aromatic N) is 1. The first-order valence-corrected chi connectivity index (χ1v) is 8.44. The first kappa shape index (κ1) is 15.8. The molecule has 2 saturated carbocycles. The Morgan fingerprint density at radius 2 is 1.65 bits per heavy atom. The van der Waals surface area contributed by atoms with Crippen LogP contribution in [0.1, 0.15) is 64.2 Å². The fourth-order valence-electron chi connectivity index (χ4n) is 3.67. The van der Waals surface area contributed by atoms with Crippen molar-refractivity contribution in [3.05, 3.63) is 0 Å². The highest BCUT2D eigenvalue weighted by Crippen LogP contribution is 2.23. The lowest BCUT2D eigenvalue weighted by molar-refractivity contribution is -0.122. The predicted molar refractivity (Wildman–Crippen MR) is 80.5 cm³/mol. The highest BCUT2D eigenvalue weighted by Gasteiger charge is 2.23. The number of rotatable bonds is 7. The molecule has 2 rings (SSSR count). The van der Waals surface area contributed by atoms with Crippen LogP contribution in [0.2, 0.25) is 0 Å². The number of carbonyl (C=O) groups excluding carboxylic acids is 1. The minimum Gasteiger partial charge on any atom is -0.395 e. The maximum absolute atomic E-state index is 12.0. The number of amides is 1. The van der Waals surface area contributed by atoms with Crippen LogP contribution in [0.25, 0.3) is 0 Å². The van der Waals surface area contributed by atoms with E-state index in [0.29, 0.717) is 25.0 Å². The Labute approximate surface area is 122 Å². The molecule has 20 heavy (non-hydrogen) atoms. The molecule has 116 valence electrons. The average molecular weight is 282 g/mol. The molecular weight excluding hydrogens is 252 g/mol. The van der Waals surface area contributed by atoms with E-state index >= 15 is 0 Å². The van der Waals surface area contributed by atoms with E-state index in [4.69, 9.17) is 0 Å². The van der Waals surface area contributed by atoms with Crippen molar-refractivity contribution in [2.24, 2.45) is 0 Å². The van der Waals surface area contributed by atoms with Gasteiger partial charge in [0.05, 0.1) is 6.61 Å². The van der Waals surface area contributed by atoms with Gasteiger partial charge in [0.25, 0.3) is 0 Å². The van der Waals surface area contributed by atoms with Crippen LogP contribution in [0, 0.1) is 0 Å². The summed E-state index contributed by atoms with van der Waals surface area (Å²) in [5.74, 6) is 0.192. The van der Waals surface area contributed by atoms with Crippen LogP contribution in [-0.4, -0.2) is 47.7 Å². The van der Waals surface area contributed by atoms with E-state index in [1.165, 1.54) is 44.9 Å². The topological polar surface area (TPSA) is 52.6 Å². The SMILES string of the molecule is O=C(CCN(CCO)C1CCCC1)NC1CCCCC1. The molecule has 2 fully saturated rings. The Balaban J connectivity index is 1.69. The van der Waals surface area contributed by atoms with Gasteiger partial charge < -0.3 is 10.4 Å². The van der Waals surface area contributed by atoms with Gasteiger partial charge in [-0.1, -0.05) is 32.1 Å². The number of hydrogen-bond donors (Lipinski definition) is 2. The van der Waals surface area contributed by atoms with Crippen molar-refractivity contribution < 1.29 is 9.90 Å². The van der Waals surface area contributed by atoms with Crippen LogP contribution < -0.4 is 5.32 Å². The number of aliphatic hydroxyl groups is 1. The van der Waals surface area contributed by atoms with Gasteiger partial charge in [0.2, 0.25) is 5.91 Å². The fraction of sp³-hybridized carbons (Fsp3) is 0.938. The largest absolute Gasteiger partial charge is 0.395 e. The lowest BCUT2D eigenvalue weighted by atomic mass is 9.95. The Bertz CT molecular complexity index is 284. The first-order chi connectivity index (χ1) is 9.79. The van der Waals surface area contributed by atoms with Gasteiger partial charge in [-0.3, -0.25) is 9.69 Å². The summed E-state index contributed by atoms with van der Waals surface area (Å²) in [6.07, 6.45) is 11.7. The molecule has 1 amide bonds. The zero-order chi connectivity index (χ0) is 14.2. The molecule has 0 saturated heterocycles. The van der Waals surface area contributed by atoms with E-state index in [9.17, 15) is 9.90 Å². The number of carbonyl (C=O) groups is 1. The average Bonchev–Trinajstić information content (AvgIpc) is 2.98. The second-order valence-electron chi connectivity index (χ2n) is 6.35. The van der Waals surface area contributed by atoms with Crippen LogP contribution in [0.3, 0.4) is 0 Å². The second kappa shape index (κ2) is 8.63. The fourth-order valence-corrected chi connectivity index (χ4v) is 3.67. The molecule has 0 aliphatic heterocycles. The maximum atomic E-state index is 12.0. The van der Waals surface area contributed by atoms with E-state index in [2.05, 4.69) is 10.2 Å². The molecule has 0 heterocycles. The minimum absolute atomic E-state index is 0.192. The van der Waals surface area contributed by atoms with Crippen molar-refractivity contribution in [2.45, 2.75) is 76.3 Å². The van der Waals surface area contributed by atoms with Crippen molar-refractivity contribution in [2.75, 3.05) is 19.7 Å². The van der Waals surface area contributed by atoms with E-state index < -0.39 is 0 Å². The molecule has 0 aromatic carbocycles. The third-order valence-electron chi connectivity index (χ3n) is 4.82. The third kappa shape index (κ3) is 5.06. The molecule has 0 atom stereocenters. The summed E-state index contributed by atoms with van der Waals surface area (Å²) in [6.45, 7) is 1.70. The Hall–Kier alpha value is -0.610. The Morgan fingerprint density at radius 1 is 1.00 bits per heavy atom. The van der Waals surface area contributed by atoms with Crippen molar-refractivity contribution in [1.82, 2.24) is 10.2 Å². The van der Waals surface area contributed by atoms with Gasteiger partial charge in [0, 0.05) is 31.6 Å². The molecule has 4 nitrogen and oxygen atoms in total. The molecule has 2 N–H and O–H groups in total. The molecule has 4 heteroatoms. The summed E-state index contributed by atoms with van der Waals surface area (Å²) in [5, 5.41) is 12.4. The third-order valence-corrected chi connectivity index (χ3v) is 4.82. The first-order valence-electron chi connectivity index (χ1n) is 8.44. The molecule has 0 aromatic heterocycles. The predicted octanol–water partition coefficient (Wildman–Crippen LogP) is 2.06. The molecule has 0 bridgehead atoms. The summed E-state index contributed by atoms with van der Waals surface area (Å²) < 4.78 is 0. The second-order valence-corrected chi connectivity index (χ2v) is 6.35. The lowest BCUT2D eigenvalue weighted by Crippen LogP contribution is -2.41. The van der Waals surface area contributed by atoms with Crippen molar-refractivity contribution in [3.8, 4) is 0 Å². The van der Waals surface area contributed by atoms with Crippen LogP contribution in [0.4, 0.5) is 0 Å². The van der Waals surface area contributed by atoms with Gasteiger partial charge in [0.1, 0.15) is 0 Å². The molecular formula is C16H30N2O2. The van der Waals surface area contributed by atoms with E-state index in [1.807, 2.05) is 0 Å². The van der Waals surface area contributed by atoms with E-state index in [0.717, 1.165) is 19.4 Å². The van der Waals surface area contributed by atoms with Gasteiger partial charge in [-0.2, -0.15) is 0 Å². The van der Waals surface area contributed by atoms with Crippen LogP contribution in [0.5, 0.6) is 0 Å². The summed E-state index contributed by atoms with van der Waals surface area (Å²) in [5.41, 5.74) is 0. The molecule has 0 aromatic rings. The minimum atomic E-state index is 0.192. The van der Waals surface area contributed by atoms with Gasteiger partial charge >= 0.3 is 0 Å². The number of aliphatic hydroxyl groups excluding tert-OH is 1. The number of nitrogens with one attached hydrogen (secondary N) is 1. The van der Waals surface area contributed by atoms with Crippen LogP contribution >= 0.6 is 0 Å². The van der Waals surface area contributed by atoms with Gasteiger partial charge in [-0.05, 0) is 25.7 Å². The normalized spacial score (nSPS) is 21.5. The monoisotopic (exact) mass is 282 g/mol. The molecule has 0 spiro atoms. The zero-order valence-electron chi connectivity index (χ0n) is 12.6. The van der Waals surface area contributed by atoms with Crippen molar-refractivity contribution in [3.63, 3.8) is 0 Å². The lowest BCUT2D eigenvalue weighted by Gasteiger charge is -2.28. The summed E-state index contributed by atoms with van der Waals surface area (Å²) in [7, 11) is 0. The number of hydrogen-bond acceptors (Lipinski definition) is 3. The maximum Gasteiger partial charge on any atom is 0.221 e. The standard InChI is InChI=1S/C16H30N2O2/c19-13-12-18(15-8-4-5-9-15)11-10-16(20)17-14-6-2-1-3-7-14/h14-15,19H,1-13H2,(H,17,20). The molecule has 2 aliphatic carbocycles. The molecule has 0 radical (unpaired) electrons. The van der Waals surface area contributed by atoms with E-state index in [1.54, 1.807) is 0 Å². The van der Waals surface area contributed by atoms with Crippen LogP contribution in [-0.2, 0) is 4.79 Å². The van der Waals surface area contributed by atoms with Gasteiger partial charge in [0.15, 0.2) is 0 Å². The summed E-state index contributed by atoms with van der Waals surface area (Å²) in [4.78, 5) is 14.3. The molecule has 2 aliphatic rings. The Kier molecular flexibility index (Phi) is 6.80. The van der Waals surface area contributed by atoms with Crippen molar-refractivity contribution >= 4 is 5.91 Å². The summed E-state index contributed by atoms with van der Waals surface area (Å²) in [6, 6.07) is 0.999. The highest BCUT2D eigenvalue weighted by molar-refractivity contribution is 5.76. The van der Waals surface area contributed by atoms with Crippen LogP contribution in [0.15, 0.2) is 0 Å². The summed E-state index contributed by atoms with van der Waals surface area (Å²) >= 11 is 0. The smallest absolute Gasteiger partial charge is 0.221 e. The van der Waals surface area contributed by atoms with Gasteiger partial charge in [-0.25, -0.2) is 0 Å². The quantitative estimate of drug-likeness (QED) is 0.751. The highest BCUT2D eigenvalue weighted by atomic mass is 16.3. The molecule has 0 unspecified atom stereocenters. The van der Waals surface area contributed by atoms with E-state index in [-0.39, 0.29) is 12.5 Å². The van der Waals surface area contributed by atoms with Crippen molar-refractivity contribution in [1.29, 1.82) is 0 Å². The van der Waals surface area contributed by atoms with Gasteiger partial charge in [-0.15, -0.1) is 0 Å². The zero-order valence-corrected chi connectivity index (χ0v) is 12.6.